The highest BCUT2D eigenvalue weighted by Gasteiger charge is 2.13. The van der Waals surface area contributed by atoms with E-state index >= 15 is 0 Å². The fourth-order valence-corrected chi connectivity index (χ4v) is 2.36. The first kappa shape index (κ1) is 16.0. The monoisotopic (exact) mass is 338 g/mol. The number of hydrogen-bond acceptors (Lipinski definition) is 3. The summed E-state index contributed by atoms with van der Waals surface area (Å²) in [5.41, 5.74) is 1.30. The average molecular weight is 339 g/mol. The summed E-state index contributed by atoms with van der Waals surface area (Å²) in [7, 11) is 0. The Morgan fingerprint density at radius 3 is 2.54 bits per heavy atom. The summed E-state index contributed by atoms with van der Waals surface area (Å²) in [5.74, 6) is 0.706. The predicted molar refractivity (Wildman–Crippen MR) is 94.4 cm³/mol. The van der Waals surface area contributed by atoms with Crippen LogP contribution in [-0.2, 0) is 6.61 Å². The number of amides is 1. The minimum Gasteiger partial charge on any atom is -0.488 e. The molecule has 3 rings (SSSR count). The van der Waals surface area contributed by atoms with E-state index < -0.39 is 0 Å². The Bertz CT molecular complexity index is 838. The molecule has 1 amide bonds. The van der Waals surface area contributed by atoms with Crippen LogP contribution in [0.2, 0.25) is 5.02 Å². The van der Waals surface area contributed by atoms with E-state index in [0.29, 0.717) is 22.2 Å². The molecule has 0 fully saturated rings. The highest BCUT2D eigenvalue weighted by atomic mass is 35.5. The molecule has 2 aromatic carbocycles. The van der Waals surface area contributed by atoms with Crippen LogP contribution in [-0.4, -0.2) is 10.9 Å². The zero-order valence-corrected chi connectivity index (χ0v) is 13.5. The van der Waals surface area contributed by atoms with E-state index in [1.165, 1.54) is 0 Å². The minimum absolute atomic E-state index is 0.275. The molecule has 5 heteroatoms. The van der Waals surface area contributed by atoms with Gasteiger partial charge in [-0.25, -0.2) is 4.98 Å². The van der Waals surface area contributed by atoms with Crippen molar-refractivity contribution in [2.75, 3.05) is 5.32 Å². The van der Waals surface area contributed by atoms with Crippen LogP contribution in [0.15, 0.2) is 72.9 Å². The quantitative estimate of drug-likeness (QED) is 0.741. The zero-order chi connectivity index (χ0) is 16.8. The lowest BCUT2D eigenvalue weighted by Crippen LogP contribution is -2.14. The molecule has 3 aromatic rings. The van der Waals surface area contributed by atoms with Crippen LogP contribution in [0, 0.1) is 0 Å². The number of carbonyl (C=O) groups is 1. The van der Waals surface area contributed by atoms with Gasteiger partial charge in [-0.2, -0.15) is 0 Å². The van der Waals surface area contributed by atoms with Gasteiger partial charge in [0.05, 0.1) is 5.56 Å². The minimum atomic E-state index is -0.275. The summed E-state index contributed by atoms with van der Waals surface area (Å²) >= 11 is 6.13. The fraction of sp³-hybridized carbons (Fsp3) is 0.0526. The van der Waals surface area contributed by atoms with Crippen LogP contribution < -0.4 is 10.1 Å². The summed E-state index contributed by atoms with van der Waals surface area (Å²) in [6.45, 7) is 0.285. The molecule has 4 nitrogen and oxygen atoms in total. The van der Waals surface area contributed by atoms with Crippen LogP contribution in [0.25, 0.3) is 0 Å². The summed E-state index contributed by atoms with van der Waals surface area (Å²) in [6.07, 6.45) is 1.62. The Labute approximate surface area is 145 Å². The lowest BCUT2D eigenvalue weighted by molar-refractivity contribution is 0.102. The van der Waals surface area contributed by atoms with Crippen molar-refractivity contribution < 1.29 is 9.53 Å². The molecular weight excluding hydrogens is 324 g/mol. The third-order valence-electron chi connectivity index (χ3n) is 3.38. The van der Waals surface area contributed by atoms with Gasteiger partial charge in [0.2, 0.25) is 0 Å². The maximum absolute atomic E-state index is 12.5. The molecule has 0 bridgehead atoms. The van der Waals surface area contributed by atoms with Gasteiger partial charge in [-0.1, -0.05) is 48.0 Å². The SMILES string of the molecule is O=C(Nc1ccccn1)c1ccccc1OCc1ccccc1Cl. The highest BCUT2D eigenvalue weighted by Crippen LogP contribution is 2.22. The van der Waals surface area contributed by atoms with E-state index in [0.717, 1.165) is 5.56 Å². The maximum atomic E-state index is 12.5. The number of pyridine rings is 1. The molecule has 1 N–H and O–H groups in total. The molecule has 0 spiro atoms. The first-order chi connectivity index (χ1) is 11.7. The van der Waals surface area contributed by atoms with Gasteiger partial charge in [0, 0.05) is 16.8 Å². The predicted octanol–water partition coefficient (Wildman–Crippen LogP) is 4.57. The van der Waals surface area contributed by atoms with Gasteiger partial charge in [0.15, 0.2) is 0 Å². The number of rotatable bonds is 5. The zero-order valence-electron chi connectivity index (χ0n) is 12.8. The molecule has 0 saturated heterocycles. The van der Waals surface area contributed by atoms with Crippen molar-refractivity contribution in [2.24, 2.45) is 0 Å². The van der Waals surface area contributed by atoms with E-state index in [1.54, 1.807) is 42.6 Å². The number of anilines is 1. The van der Waals surface area contributed by atoms with E-state index in [2.05, 4.69) is 10.3 Å². The second kappa shape index (κ2) is 7.62. The summed E-state index contributed by atoms with van der Waals surface area (Å²) < 4.78 is 5.80. The van der Waals surface area contributed by atoms with Gasteiger partial charge in [0.1, 0.15) is 18.2 Å². The van der Waals surface area contributed by atoms with Crippen molar-refractivity contribution in [1.82, 2.24) is 4.98 Å². The standard InChI is InChI=1S/C19H15ClN2O2/c20-16-9-3-1-7-14(16)13-24-17-10-4-2-8-15(17)19(23)22-18-11-5-6-12-21-18/h1-12H,13H2,(H,21,22,23). The van der Waals surface area contributed by atoms with Crippen molar-refractivity contribution in [3.05, 3.63) is 89.1 Å². The van der Waals surface area contributed by atoms with E-state index in [1.807, 2.05) is 30.3 Å². The molecule has 120 valence electrons. The molecule has 0 aliphatic carbocycles. The molecule has 0 unspecified atom stereocenters. The molecular formula is C19H15ClN2O2. The van der Waals surface area contributed by atoms with Crippen molar-refractivity contribution in [2.45, 2.75) is 6.61 Å². The van der Waals surface area contributed by atoms with Crippen LogP contribution >= 0.6 is 11.6 Å². The Morgan fingerprint density at radius 1 is 1.00 bits per heavy atom. The number of carbonyl (C=O) groups excluding carboxylic acids is 1. The fourth-order valence-electron chi connectivity index (χ4n) is 2.17. The largest absolute Gasteiger partial charge is 0.488 e. The van der Waals surface area contributed by atoms with Crippen molar-refractivity contribution in [1.29, 1.82) is 0 Å². The van der Waals surface area contributed by atoms with Crippen LogP contribution in [0.5, 0.6) is 5.75 Å². The molecule has 0 radical (unpaired) electrons. The smallest absolute Gasteiger partial charge is 0.260 e. The molecule has 0 aliphatic heterocycles. The molecule has 24 heavy (non-hydrogen) atoms. The number of halogens is 1. The summed E-state index contributed by atoms with van der Waals surface area (Å²) in [6, 6.07) is 19.8. The number of nitrogens with one attached hydrogen (secondary N) is 1. The Hall–Kier alpha value is -2.85. The second-order valence-electron chi connectivity index (χ2n) is 5.05. The normalized spacial score (nSPS) is 10.2. The van der Waals surface area contributed by atoms with Gasteiger partial charge < -0.3 is 10.1 Å². The maximum Gasteiger partial charge on any atom is 0.260 e. The molecule has 0 saturated carbocycles. The number of nitrogens with zero attached hydrogens (tertiary/aromatic N) is 1. The topological polar surface area (TPSA) is 51.2 Å². The molecule has 0 aliphatic rings. The number of benzene rings is 2. The second-order valence-corrected chi connectivity index (χ2v) is 5.45. The number of aromatic nitrogens is 1. The number of ether oxygens (including phenoxy) is 1. The Morgan fingerprint density at radius 2 is 1.75 bits per heavy atom. The first-order valence-corrected chi connectivity index (χ1v) is 7.79. The lowest BCUT2D eigenvalue weighted by Gasteiger charge is -2.12. The van der Waals surface area contributed by atoms with Crippen LogP contribution in [0.1, 0.15) is 15.9 Å². The van der Waals surface area contributed by atoms with Gasteiger partial charge in [0.25, 0.3) is 5.91 Å². The Balaban J connectivity index is 1.75. The first-order valence-electron chi connectivity index (χ1n) is 7.41. The van der Waals surface area contributed by atoms with Gasteiger partial charge >= 0.3 is 0 Å². The number of hydrogen-bond donors (Lipinski definition) is 1. The lowest BCUT2D eigenvalue weighted by atomic mass is 10.2. The summed E-state index contributed by atoms with van der Waals surface area (Å²) in [4.78, 5) is 16.5. The van der Waals surface area contributed by atoms with E-state index in [9.17, 15) is 4.79 Å². The molecule has 1 aromatic heterocycles. The molecule has 1 heterocycles. The Kier molecular flexibility index (Phi) is 5.08. The van der Waals surface area contributed by atoms with Crippen LogP contribution in [0.3, 0.4) is 0 Å². The summed E-state index contributed by atoms with van der Waals surface area (Å²) in [5, 5.41) is 3.38. The van der Waals surface area contributed by atoms with Crippen molar-refractivity contribution in [3.63, 3.8) is 0 Å². The van der Waals surface area contributed by atoms with Crippen molar-refractivity contribution in [3.8, 4) is 5.75 Å². The van der Waals surface area contributed by atoms with Gasteiger partial charge in [-0.15, -0.1) is 0 Å². The number of para-hydroxylation sites is 1. The third kappa shape index (κ3) is 3.91. The molecule has 0 atom stereocenters. The van der Waals surface area contributed by atoms with E-state index in [-0.39, 0.29) is 12.5 Å². The van der Waals surface area contributed by atoms with Gasteiger partial charge in [-0.05, 0) is 30.3 Å². The van der Waals surface area contributed by atoms with Gasteiger partial charge in [-0.3, -0.25) is 4.79 Å². The van der Waals surface area contributed by atoms with Crippen LogP contribution in [0.4, 0.5) is 5.82 Å². The third-order valence-corrected chi connectivity index (χ3v) is 3.75. The average Bonchev–Trinajstić information content (AvgIpc) is 2.62. The highest BCUT2D eigenvalue weighted by molar-refractivity contribution is 6.31. The van der Waals surface area contributed by atoms with E-state index in [4.69, 9.17) is 16.3 Å². The van der Waals surface area contributed by atoms with Crippen molar-refractivity contribution >= 4 is 23.3 Å².